The van der Waals surface area contributed by atoms with E-state index in [4.69, 9.17) is 0 Å². The van der Waals surface area contributed by atoms with Crippen LogP contribution in [0.15, 0.2) is 54.7 Å². The maximum atomic E-state index is 12.9. The molecule has 1 unspecified atom stereocenters. The zero-order chi connectivity index (χ0) is 18.9. The number of benzene rings is 2. The highest BCUT2D eigenvalue weighted by atomic mass is 19.4. The summed E-state index contributed by atoms with van der Waals surface area (Å²) in [5, 5.41) is 14.6. The van der Waals surface area contributed by atoms with Gasteiger partial charge in [-0.15, -0.1) is 0 Å². The van der Waals surface area contributed by atoms with Gasteiger partial charge in [0.05, 0.1) is 21.6 Å². The molecule has 1 atom stereocenters. The molecule has 3 rings (SSSR count). The Morgan fingerprint density at radius 3 is 2.62 bits per heavy atom. The second kappa shape index (κ2) is 6.62. The molecule has 0 amide bonds. The van der Waals surface area contributed by atoms with E-state index in [1.165, 1.54) is 24.4 Å². The van der Waals surface area contributed by atoms with E-state index in [1.54, 1.807) is 25.1 Å². The van der Waals surface area contributed by atoms with Crippen LogP contribution in [0.1, 0.15) is 24.1 Å². The Hall–Kier alpha value is -3.16. The first-order valence-electron chi connectivity index (χ1n) is 7.73. The topological polar surface area (TPSA) is 68.1 Å². The van der Waals surface area contributed by atoms with E-state index >= 15 is 0 Å². The van der Waals surface area contributed by atoms with Gasteiger partial charge >= 0.3 is 6.18 Å². The molecule has 0 radical (unpaired) electrons. The molecule has 5 nitrogen and oxygen atoms in total. The average molecular weight is 361 g/mol. The van der Waals surface area contributed by atoms with E-state index in [1.807, 2.05) is 0 Å². The first kappa shape index (κ1) is 17.7. The van der Waals surface area contributed by atoms with Gasteiger partial charge < -0.3 is 5.32 Å². The summed E-state index contributed by atoms with van der Waals surface area (Å²) in [6.45, 7) is 1.71. The number of anilines is 1. The minimum absolute atomic E-state index is 0.0784. The highest BCUT2D eigenvalue weighted by Crippen LogP contribution is 2.34. The van der Waals surface area contributed by atoms with Crippen LogP contribution in [0.4, 0.5) is 24.5 Å². The van der Waals surface area contributed by atoms with Gasteiger partial charge in [-0.2, -0.15) is 13.2 Å². The quantitative estimate of drug-likeness (QED) is 0.503. The minimum Gasteiger partial charge on any atom is -0.377 e. The van der Waals surface area contributed by atoms with Gasteiger partial charge in [0.1, 0.15) is 5.52 Å². The molecule has 0 aliphatic carbocycles. The van der Waals surface area contributed by atoms with Crippen LogP contribution in [-0.2, 0) is 6.18 Å². The van der Waals surface area contributed by atoms with Gasteiger partial charge in [0.15, 0.2) is 0 Å². The van der Waals surface area contributed by atoms with Crippen LogP contribution in [-0.4, -0.2) is 9.91 Å². The van der Waals surface area contributed by atoms with E-state index in [9.17, 15) is 23.3 Å². The number of pyridine rings is 1. The number of fused-ring (bicyclic) bond motifs is 1. The number of hydrogen-bond acceptors (Lipinski definition) is 4. The molecule has 3 aromatic rings. The van der Waals surface area contributed by atoms with Crippen molar-refractivity contribution in [3.05, 3.63) is 76.0 Å². The van der Waals surface area contributed by atoms with Crippen molar-refractivity contribution in [2.24, 2.45) is 0 Å². The first-order valence-corrected chi connectivity index (χ1v) is 7.73. The molecule has 26 heavy (non-hydrogen) atoms. The van der Waals surface area contributed by atoms with Crippen LogP contribution in [0, 0.1) is 10.1 Å². The van der Waals surface area contributed by atoms with Crippen molar-refractivity contribution >= 4 is 22.3 Å². The molecule has 0 aliphatic heterocycles. The minimum atomic E-state index is -4.42. The van der Waals surface area contributed by atoms with Crippen molar-refractivity contribution in [2.75, 3.05) is 5.32 Å². The number of nitrogens with one attached hydrogen (secondary N) is 1. The molecule has 1 N–H and O–H groups in total. The van der Waals surface area contributed by atoms with E-state index in [2.05, 4.69) is 10.3 Å². The smallest absolute Gasteiger partial charge is 0.377 e. The molecule has 0 spiro atoms. The van der Waals surface area contributed by atoms with Crippen LogP contribution in [0.25, 0.3) is 10.9 Å². The summed E-state index contributed by atoms with van der Waals surface area (Å²) < 4.78 is 38.7. The van der Waals surface area contributed by atoms with E-state index in [0.29, 0.717) is 22.2 Å². The van der Waals surface area contributed by atoms with E-state index in [-0.39, 0.29) is 5.69 Å². The summed E-state index contributed by atoms with van der Waals surface area (Å²) in [5.74, 6) is 0. The molecular weight excluding hydrogens is 347 g/mol. The molecule has 0 bridgehead atoms. The number of aromatic nitrogens is 1. The van der Waals surface area contributed by atoms with Gasteiger partial charge in [-0.25, -0.2) is 0 Å². The molecule has 0 saturated carbocycles. The molecule has 0 fully saturated rings. The van der Waals surface area contributed by atoms with Crippen LogP contribution in [0.3, 0.4) is 0 Å². The summed E-state index contributed by atoms with van der Waals surface area (Å²) in [5.41, 5.74) is 0.541. The Kier molecular flexibility index (Phi) is 4.50. The number of halogens is 3. The number of nitro groups is 1. The second-order valence-corrected chi connectivity index (χ2v) is 5.78. The van der Waals surface area contributed by atoms with Crippen LogP contribution in [0.2, 0.25) is 0 Å². The third-order valence-electron chi connectivity index (χ3n) is 4.03. The van der Waals surface area contributed by atoms with Crippen LogP contribution < -0.4 is 5.32 Å². The van der Waals surface area contributed by atoms with E-state index in [0.717, 1.165) is 12.1 Å². The number of hydrogen-bond donors (Lipinski definition) is 1. The van der Waals surface area contributed by atoms with Crippen molar-refractivity contribution in [3.63, 3.8) is 0 Å². The number of non-ortho nitro benzene ring substituents is 1. The zero-order valence-electron chi connectivity index (χ0n) is 13.6. The molecule has 0 aliphatic rings. The fraction of sp³-hybridized carbons (Fsp3) is 0.167. The van der Waals surface area contributed by atoms with Gasteiger partial charge in [-0.1, -0.05) is 12.1 Å². The molecule has 0 saturated heterocycles. The average Bonchev–Trinajstić information content (AvgIpc) is 2.61. The van der Waals surface area contributed by atoms with Crippen molar-refractivity contribution in [1.29, 1.82) is 0 Å². The van der Waals surface area contributed by atoms with Gasteiger partial charge in [0.2, 0.25) is 0 Å². The Bertz CT molecular complexity index is 973. The Balaban J connectivity index is 1.97. The number of rotatable bonds is 4. The molecule has 1 aromatic heterocycles. The molecule has 134 valence electrons. The number of alkyl halides is 3. The Morgan fingerprint density at radius 1 is 1.15 bits per heavy atom. The van der Waals surface area contributed by atoms with Gasteiger partial charge in [-0.3, -0.25) is 15.1 Å². The van der Waals surface area contributed by atoms with Gasteiger partial charge in [-0.05, 0) is 42.8 Å². The maximum Gasteiger partial charge on any atom is 0.416 e. The predicted octanol–water partition coefficient (Wildman–Crippen LogP) is 5.33. The fourth-order valence-electron chi connectivity index (χ4n) is 2.73. The Morgan fingerprint density at radius 2 is 1.92 bits per heavy atom. The third-order valence-corrected chi connectivity index (χ3v) is 4.03. The van der Waals surface area contributed by atoms with Gasteiger partial charge in [0, 0.05) is 18.3 Å². The van der Waals surface area contributed by atoms with Crippen LogP contribution in [0.5, 0.6) is 0 Å². The van der Waals surface area contributed by atoms with Crippen molar-refractivity contribution in [2.45, 2.75) is 19.1 Å². The summed E-state index contributed by atoms with van der Waals surface area (Å²) in [4.78, 5) is 14.8. The lowest BCUT2D eigenvalue weighted by Crippen LogP contribution is -2.10. The maximum absolute atomic E-state index is 12.9. The standard InChI is InChI=1S/C18H14F3N3O2/c1-11(12-4-2-5-13(10-12)18(19,20)21)23-15-7-8-16(24(25)26)14-6-3-9-22-17(14)15/h2-11,23H,1H3. The first-order chi connectivity index (χ1) is 12.3. The lowest BCUT2D eigenvalue weighted by molar-refractivity contribution is -0.383. The summed E-state index contributed by atoms with van der Waals surface area (Å²) in [7, 11) is 0. The van der Waals surface area contributed by atoms with Gasteiger partial charge in [0.25, 0.3) is 5.69 Å². The monoisotopic (exact) mass is 361 g/mol. The summed E-state index contributed by atoms with van der Waals surface area (Å²) in [6.07, 6.45) is -2.91. The van der Waals surface area contributed by atoms with Crippen LogP contribution >= 0.6 is 0 Å². The predicted molar refractivity (Wildman–Crippen MR) is 91.9 cm³/mol. The highest BCUT2D eigenvalue weighted by Gasteiger charge is 2.30. The third kappa shape index (κ3) is 3.44. The number of nitro benzene ring substituents is 1. The van der Waals surface area contributed by atoms with Crippen molar-refractivity contribution in [1.82, 2.24) is 4.98 Å². The van der Waals surface area contributed by atoms with Crippen molar-refractivity contribution < 1.29 is 18.1 Å². The largest absolute Gasteiger partial charge is 0.416 e. The molecule has 2 aromatic carbocycles. The molecule has 1 heterocycles. The number of nitrogens with zero attached hydrogens (tertiary/aromatic N) is 2. The summed E-state index contributed by atoms with van der Waals surface area (Å²) in [6, 6.07) is 10.6. The van der Waals surface area contributed by atoms with E-state index < -0.39 is 22.7 Å². The SMILES string of the molecule is CC(Nc1ccc([N+](=O)[O-])c2cccnc12)c1cccc(C(F)(F)F)c1. The summed E-state index contributed by atoms with van der Waals surface area (Å²) >= 11 is 0. The normalized spacial score (nSPS) is 12.8. The molecule has 8 heteroatoms. The fourth-order valence-corrected chi connectivity index (χ4v) is 2.73. The second-order valence-electron chi connectivity index (χ2n) is 5.78. The zero-order valence-corrected chi connectivity index (χ0v) is 13.6. The highest BCUT2D eigenvalue weighted by molar-refractivity contribution is 5.96. The molecular formula is C18H14F3N3O2. The van der Waals surface area contributed by atoms with Crippen molar-refractivity contribution in [3.8, 4) is 0 Å². The lowest BCUT2D eigenvalue weighted by atomic mass is 10.0. The Labute approximate surface area is 146 Å². The lowest BCUT2D eigenvalue weighted by Gasteiger charge is -2.18.